The minimum atomic E-state index is -1.05. The summed E-state index contributed by atoms with van der Waals surface area (Å²) in [5.74, 6) is -0.782. The fourth-order valence-electron chi connectivity index (χ4n) is 4.08. The summed E-state index contributed by atoms with van der Waals surface area (Å²) in [5, 5.41) is 11.8. The molecule has 2 rings (SSSR count). The summed E-state index contributed by atoms with van der Waals surface area (Å²) in [6, 6.07) is 6.72. The molecule has 1 amide bonds. The van der Waals surface area contributed by atoms with E-state index in [0.717, 1.165) is 25.9 Å². The molecule has 0 saturated carbocycles. The lowest BCUT2D eigenvalue weighted by atomic mass is 9.74. The number of likely N-dealkylation sites (N-methyl/N-ethyl adjacent to an activating group) is 1. The van der Waals surface area contributed by atoms with Crippen molar-refractivity contribution in [2.45, 2.75) is 64.3 Å². The van der Waals surface area contributed by atoms with Gasteiger partial charge in [-0.05, 0) is 56.5 Å². The van der Waals surface area contributed by atoms with Crippen molar-refractivity contribution in [1.29, 1.82) is 0 Å². The maximum Gasteiger partial charge on any atom is 0.413 e. The molecule has 0 aliphatic carbocycles. The summed E-state index contributed by atoms with van der Waals surface area (Å²) in [6.07, 6.45) is 4.43. The van der Waals surface area contributed by atoms with Gasteiger partial charge >= 0.3 is 12.1 Å². The molecule has 1 unspecified atom stereocenters. The Morgan fingerprint density at radius 1 is 1.32 bits per heavy atom. The third-order valence-electron chi connectivity index (χ3n) is 6.10. The van der Waals surface area contributed by atoms with Gasteiger partial charge in [-0.25, -0.2) is 9.59 Å². The molecule has 0 aromatic heterocycles. The molecule has 156 valence electrons. The van der Waals surface area contributed by atoms with Crippen LogP contribution in [0.2, 0.25) is 0 Å². The van der Waals surface area contributed by atoms with Crippen LogP contribution < -0.4 is 10.1 Å². The molecule has 6 heteroatoms. The third kappa shape index (κ3) is 5.47. The number of ether oxygens (including phenoxy) is 1. The van der Waals surface area contributed by atoms with E-state index < -0.39 is 18.1 Å². The first kappa shape index (κ1) is 22.2. The Labute approximate surface area is 168 Å². The number of carboxylic acid groups (broad SMARTS) is 1. The number of carboxylic acids is 1. The minimum Gasteiger partial charge on any atom is -0.480 e. The highest BCUT2D eigenvalue weighted by Gasteiger charge is 2.33. The van der Waals surface area contributed by atoms with Gasteiger partial charge in [-0.3, -0.25) is 0 Å². The summed E-state index contributed by atoms with van der Waals surface area (Å²) < 4.78 is 5.44. The van der Waals surface area contributed by atoms with E-state index in [2.05, 4.69) is 30.3 Å². The number of hydrogen-bond donors (Lipinski definition) is 2. The highest BCUT2D eigenvalue weighted by molar-refractivity contribution is 5.81. The van der Waals surface area contributed by atoms with E-state index in [9.17, 15) is 14.7 Å². The van der Waals surface area contributed by atoms with Crippen molar-refractivity contribution in [2.75, 3.05) is 20.1 Å². The first-order valence-corrected chi connectivity index (χ1v) is 10.3. The van der Waals surface area contributed by atoms with Crippen molar-refractivity contribution in [1.82, 2.24) is 10.2 Å². The Morgan fingerprint density at radius 3 is 2.71 bits per heavy atom. The zero-order valence-electron chi connectivity index (χ0n) is 17.5. The summed E-state index contributed by atoms with van der Waals surface area (Å²) in [7, 11) is 2.16. The molecule has 1 aliphatic rings. The predicted molar refractivity (Wildman–Crippen MR) is 110 cm³/mol. The van der Waals surface area contributed by atoms with E-state index in [4.69, 9.17) is 4.74 Å². The van der Waals surface area contributed by atoms with Gasteiger partial charge in [-0.1, -0.05) is 45.7 Å². The molecule has 1 aromatic carbocycles. The molecule has 0 bridgehead atoms. The summed E-state index contributed by atoms with van der Waals surface area (Å²) >= 11 is 0. The van der Waals surface area contributed by atoms with E-state index in [1.165, 1.54) is 18.4 Å². The molecule has 1 aliphatic heterocycles. The van der Waals surface area contributed by atoms with Gasteiger partial charge in [-0.15, -0.1) is 0 Å². The Kier molecular flexibility index (Phi) is 7.87. The first-order chi connectivity index (χ1) is 13.3. The molecular formula is C22H34N2O4. The number of aliphatic carboxylic acids is 1. The fraction of sp³-hybridized carbons (Fsp3) is 0.636. The third-order valence-corrected chi connectivity index (χ3v) is 6.10. The van der Waals surface area contributed by atoms with Crippen molar-refractivity contribution in [3.8, 4) is 5.75 Å². The van der Waals surface area contributed by atoms with Crippen LogP contribution in [0, 0.1) is 5.92 Å². The maximum absolute atomic E-state index is 12.3. The number of rotatable bonds is 7. The number of carbonyl (C=O) groups excluding carboxylic acids is 1. The molecule has 28 heavy (non-hydrogen) atoms. The maximum atomic E-state index is 12.3. The number of carbonyl (C=O) groups is 2. The van der Waals surface area contributed by atoms with Crippen LogP contribution in [-0.4, -0.2) is 48.2 Å². The van der Waals surface area contributed by atoms with Crippen LogP contribution in [0.25, 0.3) is 0 Å². The zero-order chi connectivity index (χ0) is 20.7. The summed E-state index contributed by atoms with van der Waals surface area (Å²) in [6.45, 7) is 7.99. The Hall–Kier alpha value is -2.08. The highest BCUT2D eigenvalue weighted by Crippen LogP contribution is 2.37. The van der Waals surface area contributed by atoms with Gasteiger partial charge in [0.2, 0.25) is 0 Å². The fourth-order valence-corrected chi connectivity index (χ4v) is 4.08. The number of benzene rings is 1. The molecule has 1 fully saturated rings. The first-order valence-electron chi connectivity index (χ1n) is 10.3. The van der Waals surface area contributed by atoms with Gasteiger partial charge in [0, 0.05) is 12.0 Å². The molecule has 2 N–H and O–H groups in total. The number of nitrogens with one attached hydrogen (secondary N) is 1. The normalized spacial score (nSPS) is 22.7. The average Bonchev–Trinajstić information content (AvgIpc) is 2.87. The van der Waals surface area contributed by atoms with Gasteiger partial charge < -0.3 is 20.1 Å². The van der Waals surface area contributed by atoms with Crippen LogP contribution in [0.5, 0.6) is 5.75 Å². The second-order valence-electron chi connectivity index (χ2n) is 8.09. The number of hydrogen-bond acceptors (Lipinski definition) is 4. The molecule has 3 atom stereocenters. The Balaban J connectivity index is 2.15. The molecule has 6 nitrogen and oxygen atoms in total. The van der Waals surface area contributed by atoms with Crippen LogP contribution >= 0.6 is 0 Å². The van der Waals surface area contributed by atoms with E-state index in [1.54, 1.807) is 13.0 Å². The van der Waals surface area contributed by atoms with E-state index in [1.807, 2.05) is 19.1 Å². The van der Waals surface area contributed by atoms with Crippen molar-refractivity contribution < 1.29 is 19.4 Å². The predicted octanol–water partition coefficient (Wildman–Crippen LogP) is 4.04. The van der Waals surface area contributed by atoms with E-state index in [0.29, 0.717) is 12.2 Å². The second kappa shape index (κ2) is 9.92. The summed E-state index contributed by atoms with van der Waals surface area (Å²) in [5.41, 5.74) is 1.22. The minimum absolute atomic E-state index is 0.0431. The molecule has 1 saturated heterocycles. The molecule has 1 aromatic rings. The SMILES string of the molecule is CC[C@H](C)[C@H](NC(=O)Oc1cccc(C2(CC)CCCCN(C)C2)c1)C(=O)O. The number of amides is 1. The van der Waals surface area contributed by atoms with Gasteiger partial charge in [0.15, 0.2) is 0 Å². The van der Waals surface area contributed by atoms with Gasteiger partial charge in [0.05, 0.1) is 0 Å². The second-order valence-corrected chi connectivity index (χ2v) is 8.09. The highest BCUT2D eigenvalue weighted by atomic mass is 16.6. The quantitative estimate of drug-likeness (QED) is 0.735. The van der Waals surface area contributed by atoms with Gasteiger partial charge in [0.25, 0.3) is 0 Å². The van der Waals surface area contributed by atoms with Crippen molar-refractivity contribution in [3.63, 3.8) is 0 Å². The van der Waals surface area contributed by atoms with Crippen molar-refractivity contribution in [2.24, 2.45) is 5.92 Å². The van der Waals surface area contributed by atoms with Crippen molar-refractivity contribution >= 4 is 12.1 Å². The summed E-state index contributed by atoms with van der Waals surface area (Å²) in [4.78, 5) is 26.1. The average molecular weight is 391 g/mol. The number of likely N-dealkylation sites (tertiary alicyclic amines) is 1. The van der Waals surface area contributed by atoms with E-state index in [-0.39, 0.29) is 11.3 Å². The largest absolute Gasteiger partial charge is 0.480 e. The topological polar surface area (TPSA) is 78.9 Å². The smallest absolute Gasteiger partial charge is 0.413 e. The molecule has 1 heterocycles. The Morgan fingerprint density at radius 2 is 2.07 bits per heavy atom. The van der Waals surface area contributed by atoms with Crippen LogP contribution in [0.3, 0.4) is 0 Å². The zero-order valence-corrected chi connectivity index (χ0v) is 17.5. The van der Waals surface area contributed by atoms with E-state index >= 15 is 0 Å². The van der Waals surface area contributed by atoms with Gasteiger partial charge in [-0.2, -0.15) is 0 Å². The van der Waals surface area contributed by atoms with Crippen LogP contribution in [0.15, 0.2) is 24.3 Å². The van der Waals surface area contributed by atoms with Crippen LogP contribution in [0.1, 0.15) is 58.4 Å². The monoisotopic (exact) mass is 390 g/mol. The lowest BCUT2D eigenvalue weighted by Gasteiger charge is -2.35. The van der Waals surface area contributed by atoms with Crippen LogP contribution in [-0.2, 0) is 10.2 Å². The Bertz CT molecular complexity index is 678. The molecular weight excluding hydrogens is 356 g/mol. The van der Waals surface area contributed by atoms with Crippen LogP contribution in [0.4, 0.5) is 4.79 Å². The lowest BCUT2D eigenvalue weighted by molar-refractivity contribution is -0.140. The standard InChI is InChI=1S/C22H34N2O4/c1-5-16(3)19(20(25)26)23-21(27)28-18-11-9-10-17(14-18)22(6-2)12-7-8-13-24(4)15-22/h9-11,14,16,19H,5-8,12-13,15H2,1-4H3,(H,23,27)(H,25,26)/t16-,19-,22?/m0/s1. The van der Waals surface area contributed by atoms with Crippen molar-refractivity contribution in [3.05, 3.63) is 29.8 Å². The lowest BCUT2D eigenvalue weighted by Crippen LogP contribution is -2.46. The molecule has 0 radical (unpaired) electrons. The van der Waals surface area contributed by atoms with Gasteiger partial charge in [0.1, 0.15) is 11.8 Å². The molecule has 0 spiro atoms. The number of nitrogens with zero attached hydrogens (tertiary/aromatic N) is 1.